The molecule has 1 N–H and O–H groups in total. The molecule has 0 aromatic heterocycles. The fraction of sp³-hybridized carbons (Fsp3) is 0.846. The summed E-state index contributed by atoms with van der Waals surface area (Å²) in [6.45, 7) is 4.70. The molecule has 2 heterocycles. The molecule has 2 aliphatic heterocycles. The summed E-state index contributed by atoms with van der Waals surface area (Å²) in [7, 11) is 1.51. The summed E-state index contributed by atoms with van der Waals surface area (Å²) in [6.07, 6.45) is 0.392. The number of carbonyl (C=O) groups excluding carboxylic acids is 2. The zero-order valence-corrected chi connectivity index (χ0v) is 13.2. The van der Waals surface area contributed by atoms with Gasteiger partial charge in [-0.25, -0.2) is 0 Å². The predicted molar refractivity (Wildman–Crippen MR) is 79.5 cm³/mol. The van der Waals surface area contributed by atoms with E-state index in [0.717, 1.165) is 13.1 Å². The van der Waals surface area contributed by atoms with E-state index in [9.17, 15) is 9.59 Å². The van der Waals surface area contributed by atoms with Gasteiger partial charge in [-0.05, 0) is 0 Å². The lowest BCUT2D eigenvalue weighted by Crippen LogP contribution is -2.52. The Morgan fingerprint density at radius 1 is 1.19 bits per heavy atom. The highest BCUT2D eigenvalue weighted by molar-refractivity contribution is 5.85. The van der Waals surface area contributed by atoms with Crippen LogP contribution in [0.2, 0.25) is 0 Å². The molecule has 1 unspecified atom stereocenters. The predicted octanol–water partition coefficient (Wildman–Crippen LogP) is -0.896. The minimum Gasteiger partial charge on any atom is -0.375 e. The summed E-state index contributed by atoms with van der Waals surface area (Å²) >= 11 is 0. The van der Waals surface area contributed by atoms with E-state index in [2.05, 4.69) is 5.32 Å². The Morgan fingerprint density at radius 3 is 2.33 bits per heavy atom. The van der Waals surface area contributed by atoms with Gasteiger partial charge in [0.05, 0.1) is 19.1 Å². The Hall–Kier alpha value is -0.890. The SMILES string of the molecule is COCC(=O)N1CCN(C(=O)CC2CNCCO2)CC1.Cl. The molecule has 0 aliphatic carbocycles. The van der Waals surface area contributed by atoms with Crippen molar-refractivity contribution < 1.29 is 19.1 Å². The summed E-state index contributed by atoms with van der Waals surface area (Å²) in [6, 6.07) is 0. The van der Waals surface area contributed by atoms with Crippen LogP contribution in [0.4, 0.5) is 0 Å². The van der Waals surface area contributed by atoms with Gasteiger partial charge in [0.15, 0.2) is 0 Å². The maximum atomic E-state index is 12.2. The molecule has 2 fully saturated rings. The molecule has 2 rings (SSSR count). The Kier molecular flexibility index (Phi) is 7.95. The molecule has 0 aromatic rings. The molecule has 1 atom stereocenters. The third-order valence-electron chi connectivity index (χ3n) is 3.66. The molecule has 0 aromatic carbocycles. The second-order valence-electron chi connectivity index (χ2n) is 5.10. The fourth-order valence-electron chi connectivity index (χ4n) is 2.49. The van der Waals surface area contributed by atoms with Crippen LogP contribution >= 0.6 is 12.4 Å². The van der Waals surface area contributed by atoms with Crippen LogP contribution in [0.15, 0.2) is 0 Å². The number of methoxy groups -OCH3 is 1. The molecule has 8 heteroatoms. The zero-order chi connectivity index (χ0) is 14.4. The molecule has 0 bridgehead atoms. The van der Waals surface area contributed by atoms with Crippen molar-refractivity contribution in [3.8, 4) is 0 Å². The van der Waals surface area contributed by atoms with Gasteiger partial charge in [-0.15, -0.1) is 12.4 Å². The molecule has 0 radical (unpaired) electrons. The number of nitrogens with zero attached hydrogens (tertiary/aromatic N) is 2. The number of hydrogen-bond acceptors (Lipinski definition) is 5. The highest BCUT2D eigenvalue weighted by atomic mass is 35.5. The Bertz CT molecular complexity index is 342. The molecule has 2 amide bonds. The molecule has 21 heavy (non-hydrogen) atoms. The van der Waals surface area contributed by atoms with Gasteiger partial charge in [0.25, 0.3) is 0 Å². The van der Waals surface area contributed by atoms with Crippen LogP contribution in [0.25, 0.3) is 0 Å². The lowest BCUT2D eigenvalue weighted by atomic mass is 10.2. The van der Waals surface area contributed by atoms with Crippen molar-refractivity contribution in [2.24, 2.45) is 0 Å². The number of ether oxygens (including phenoxy) is 2. The van der Waals surface area contributed by atoms with E-state index in [0.29, 0.717) is 39.2 Å². The smallest absolute Gasteiger partial charge is 0.248 e. The second kappa shape index (κ2) is 9.19. The quantitative estimate of drug-likeness (QED) is 0.727. The van der Waals surface area contributed by atoms with E-state index in [1.54, 1.807) is 4.90 Å². The van der Waals surface area contributed by atoms with Gasteiger partial charge in [0.1, 0.15) is 6.61 Å². The number of amides is 2. The van der Waals surface area contributed by atoms with E-state index in [1.165, 1.54) is 7.11 Å². The standard InChI is InChI=1S/C13H23N3O4.ClH/c1-19-10-13(18)16-5-3-15(4-6-16)12(17)8-11-9-14-2-7-20-11;/h11,14H,2-10H2,1H3;1H. The number of hydrogen-bond donors (Lipinski definition) is 1. The Balaban J connectivity index is 0.00000220. The van der Waals surface area contributed by atoms with Crippen molar-refractivity contribution in [1.82, 2.24) is 15.1 Å². The van der Waals surface area contributed by atoms with Crippen molar-refractivity contribution in [1.29, 1.82) is 0 Å². The van der Waals surface area contributed by atoms with E-state index in [4.69, 9.17) is 9.47 Å². The summed E-state index contributed by atoms with van der Waals surface area (Å²) in [5.74, 6) is 0.0944. The van der Waals surface area contributed by atoms with Crippen molar-refractivity contribution in [3.05, 3.63) is 0 Å². The molecule has 2 aliphatic rings. The second-order valence-corrected chi connectivity index (χ2v) is 5.10. The van der Waals surface area contributed by atoms with Crippen LogP contribution in [0.3, 0.4) is 0 Å². The largest absolute Gasteiger partial charge is 0.375 e. The summed E-state index contributed by atoms with van der Waals surface area (Å²) in [5.41, 5.74) is 0. The van der Waals surface area contributed by atoms with Crippen LogP contribution in [0, 0.1) is 0 Å². The maximum Gasteiger partial charge on any atom is 0.248 e. The van der Waals surface area contributed by atoms with Gasteiger partial charge in [-0.2, -0.15) is 0 Å². The maximum absolute atomic E-state index is 12.2. The number of rotatable bonds is 4. The van der Waals surface area contributed by atoms with Gasteiger partial charge < -0.3 is 24.6 Å². The van der Waals surface area contributed by atoms with Crippen molar-refractivity contribution >= 4 is 24.2 Å². The molecular formula is C13H24ClN3O4. The number of nitrogens with one attached hydrogen (secondary N) is 1. The number of morpholine rings is 1. The molecule has 122 valence electrons. The minimum absolute atomic E-state index is 0. The minimum atomic E-state index is -0.0237. The first-order chi connectivity index (χ1) is 9.70. The molecule has 0 spiro atoms. The van der Waals surface area contributed by atoms with E-state index < -0.39 is 0 Å². The number of carbonyl (C=O) groups is 2. The monoisotopic (exact) mass is 321 g/mol. The van der Waals surface area contributed by atoms with Gasteiger partial charge in [0.2, 0.25) is 11.8 Å². The van der Waals surface area contributed by atoms with Crippen LogP contribution in [-0.4, -0.2) is 87.3 Å². The first-order valence-corrected chi connectivity index (χ1v) is 7.07. The third kappa shape index (κ3) is 5.43. The van der Waals surface area contributed by atoms with E-state index in [1.807, 2.05) is 4.90 Å². The first kappa shape index (κ1) is 18.2. The van der Waals surface area contributed by atoms with Crippen LogP contribution in [0.1, 0.15) is 6.42 Å². The zero-order valence-electron chi connectivity index (χ0n) is 12.4. The third-order valence-corrected chi connectivity index (χ3v) is 3.66. The van der Waals surface area contributed by atoms with E-state index >= 15 is 0 Å². The summed E-state index contributed by atoms with van der Waals surface area (Å²) in [4.78, 5) is 27.4. The molecule has 0 saturated carbocycles. The van der Waals surface area contributed by atoms with Crippen LogP contribution < -0.4 is 5.32 Å². The fourth-order valence-corrected chi connectivity index (χ4v) is 2.49. The van der Waals surface area contributed by atoms with Gasteiger partial charge in [-0.3, -0.25) is 9.59 Å². The Labute approximate surface area is 131 Å². The average molecular weight is 322 g/mol. The lowest BCUT2D eigenvalue weighted by molar-refractivity contribution is -0.143. The van der Waals surface area contributed by atoms with Crippen molar-refractivity contribution in [3.63, 3.8) is 0 Å². The normalized spacial score (nSPS) is 22.6. The van der Waals surface area contributed by atoms with Gasteiger partial charge >= 0.3 is 0 Å². The topological polar surface area (TPSA) is 71.1 Å². The highest BCUT2D eigenvalue weighted by Gasteiger charge is 2.26. The molecule has 2 saturated heterocycles. The van der Waals surface area contributed by atoms with E-state index in [-0.39, 0.29) is 36.9 Å². The molecule has 7 nitrogen and oxygen atoms in total. The van der Waals surface area contributed by atoms with Crippen LogP contribution in [-0.2, 0) is 19.1 Å². The van der Waals surface area contributed by atoms with Gasteiger partial charge in [-0.1, -0.05) is 0 Å². The lowest BCUT2D eigenvalue weighted by Gasteiger charge is -2.35. The Morgan fingerprint density at radius 2 is 1.81 bits per heavy atom. The van der Waals surface area contributed by atoms with Crippen molar-refractivity contribution in [2.75, 3.05) is 59.6 Å². The number of halogens is 1. The van der Waals surface area contributed by atoms with Crippen LogP contribution in [0.5, 0.6) is 0 Å². The average Bonchev–Trinajstić information content (AvgIpc) is 2.48. The number of piperazine rings is 1. The first-order valence-electron chi connectivity index (χ1n) is 7.07. The summed E-state index contributed by atoms with van der Waals surface area (Å²) < 4.78 is 10.4. The highest BCUT2D eigenvalue weighted by Crippen LogP contribution is 2.08. The summed E-state index contributed by atoms with van der Waals surface area (Å²) in [5, 5.41) is 3.22. The molecular weight excluding hydrogens is 298 g/mol. The van der Waals surface area contributed by atoms with Crippen molar-refractivity contribution in [2.45, 2.75) is 12.5 Å². The van der Waals surface area contributed by atoms with Gasteiger partial charge in [0, 0.05) is 46.4 Å².